The summed E-state index contributed by atoms with van der Waals surface area (Å²) in [6, 6.07) is 8.08. The number of likely N-dealkylation sites (N-methyl/N-ethyl adjacent to an activating group) is 1. The van der Waals surface area contributed by atoms with Crippen molar-refractivity contribution in [2.45, 2.75) is 18.9 Å². The normalized spacial score (nSPS) is 20.2. The van der Waals surface area contributed by atoms with E-state index < -0.39 is 0 Å². The van der Waals surface area contributed by atoms with Gasteiger partial charge in [-0.05, 0) is 51.2 Å². The molecular formula is C14H19BrN2O. The van der Waals surface area contributed by atoms with Crippen molar-refractivity contribution in [3.8, 4) is 0 Å². The lowest BCUT2D eigenvalue weighted by atomic mass is 10.0. The van der Waals surface area contributed by atoms with Gasteiger partial charge in [0, 0.05) is 29.2 Å². The third-order valence-corrected chi connectivity index (χ3v) is 4.03. The average molecular weight is 311 g/mol. The van der Waals surface area contributed by atoms with Crippen LogP contribution in [0.2, 0.25) is 0 Å². The highest BCUT2D eigenvalue weighted by molar-refractivity contribution is 9.10. The summed E-state index contributed by atoms with van der Waals surface area (Å²) >= 11 is 3.39. The number of hydrogen-bond acceptors (Lipinski definition) is 2. The SMILES string of the molecule is CN(C)C1CCCN(C(=O)c2ccc(Br)cc2)C1. The van der Waals surface area contributed by atoms with Crippen LogP contribution in [-0.2, 0) is 0 Å². The van der Waals surface area contributed by atoms with Gasteiger partial charge in [-0.3, -0.25) is 4.79 Å². The van der Waals surface area contributed by atoms with Crippen LogP contribution in [0.25, 0.3) is 0 Å². The van der Waals surface area contributed by atoms with Gasteiger partial charge in [-0.2, -0.15) is 0 Å². The van der Waals surface area contributed by atoms with Crippen molar-refractivity contribution in [1.29, 1.82) is 0 Å². The molecule has 1 amide bonds. The van der Waals surface area contributed by atoms with Crippen LogP contribution in [-0.4, -0.2) is 48.9 Å². The number of nitrogens with zero attached hydrogens (tertiary/aromatic N) is 2. The molecule has 1 unspecified atom stereocenters. The molecule has 4 heteroatoms. The van der Waals surface area contributed by atoms with Crippen LogP contribution in [0.1, 0.15) is 23.2 Å². The van der Waals surface area contributed by atoms with Crippen LogP contribution in [0, 0.1) is 0 Å². The van der Waals surface area contributed by atoms with Crippen molar-refractivity contribution in [3.05, 3.63) is 34.3 Å². The molecule has 1 fully saturated rings. The van der Waals surface area contributed by atoms with Gasteiger partial charge in [0.1, 0.15) is 0 Å². The Bertz CT molecular complexity index is 416. The third-order valence-electron chi connectivity index (χ3n) is 3.51. The van der Waals surface area contributed by atoms with E-state index in [1.807, 2.05) is 29.2 Å². The van der Waals surface area contributed by atoms with E-state index in [1.54, 1.807) is 0 Å². The summed E-state index contributed by atoms with van der Waals surface area (Å²) in [4.78, 5) is 16.6. The molecule has 1 aliphatic rings. The molecule has 1 aromatic rings. The molecule has 0 N–H and O–H groups in total. The molecule has 0 bridgehead atoms. The first-order chi connectivity index (χ1) is 8.58. The molecule has 2 rings (SSSR count). The van der Waals surface area contributed by atoms with Crippen molar-refractivity contribution in [3.63, 3.8) is 0 Å². The summed E-state index contributed by atoms with van der Waals surface area (Å²) in [5.74, 6) is 0.147. The largest absolute Gasteiger partial charge is 0.337 e. The molecule has 0 spiro atoms. The number of carbonyl (C=O) groups excluding carboxylic acids is 1. The van der Waals surface area contributed by atoms with Gasteiger partial charge in [0.05, 0.1) is 0 Å². The second kappa shape index (κ2) is 5.85. The number of hydrogen-bond donors (Lipinski definition) is 0. The topological polar surface area (TPSA) is 23.6 Å². The fourth-order valence-electron chi connectivity index (χ4n) is 2.34. The van der Waals surface area contributed by atoms with Gasteiger partial charge in [-0.1, -0.05) is 15.9 Å². The quantitative estimate of drug-likeness (QED) is 0.838. The number of amides is 1. The van der Waals surface area contributed by atoms with Crippen molar-refractivity contribution >= 4 is 21.8 Å². The number of benzene rings is 1. The molecule has 18 heavy (non-hydrogen) atoms. The molecule has 0 radical (unpaired) electrons. The highest BCUT2D eigenvalue weighted by atomic mass is 79.9. The van der Waals surface area contributed by atoms with E-state index in [1.165, 1.54) is 6.42 Å². The lowest BCUT2D eigenvalue weighted by Crippen LogP contribution is -2.47. The first-order valence-electron chi connectivity index (χ1n) is 6.29. The lowest BCUT2D eigenvalue weighted by Gasteiger charge is -2.36. The van der Waals surface area contributed by atoms with Crippen LogP contribution < -0.4 is 0 Å². The smallest absolute Gasteiger partial charge is 0.253 e. The van der Waals surface area contributed by atoms with E-state index in [4.69, 9.17) is 0 Å². The summed E-state index contributed by atoms with van der Waals surface area (Å²) in [5.41, 5.74) is 0.776. The Morgan fingerprint density at radius 2 is 2.00 bits per heavy atom. The molecule has 1 atom stereocenters. The lowest BCUT2D eigenvalue weighted by molar-refractivity contribution is 0.0635. The number of likely N-dealkylation sites (tertiary alicyclic amines) is 1. The number of piperidine rings is 1. The van der Waals surface area contributed by atoms with Crippen molar-refractivity contribution in [2.24, 2.45) is 0 Å². The predicted octanol–water partition coefficient (Wildman–Crippen LogP) is 2.62. The van der Waals surface area contributed by atoms with E-state index in [2.05, 4.69) is 34.9 Å². The number of halogens is 1. The molecule has 1 aliphatic heterocycles. The predicted molar refractivity (Wildman–Crippen MR) is 76.8 cm³/mol. The summed E-state index contributed by atoms with van der Waals surface area (Å²) < 4.78 is 1.00. The molecule has 1 saturated heterocycles. The highest BCUT2D eigenvalue weighted by Gasteiger charge is 2.25. The Morgan fingerprint density at radius 3 is 2.61 bits per heavy atom. The fraction of sp³-hybridized carbons (Fsp3) is 0.500. The van der Waals surface area contributed by atoms with Gasteiger partial charge in [0.15, 0.2) is 0 Å². The maximum atomic E-state index is 12.4. The minimum absolute atomic E-state index is 0.147. The van der Waals surface area contributed by atoms with Gasteiger partial charge in [0.2, 0.25) is 0 Å². The molecule has 1 heterocycles. The molecule has 1 aromatic carbocycles. The molecule has 3 nitrogen and oxygen atoms in total. The van der Waals surface area contributed by atoms with Gasteiger partial charge >= 0.3 is 0 Å². The van der Waals surface area contributed by atoms with Crippen LogP contribution in [0.5, 0.6) is 0 Å². The zero-order valence-corrected chi connectivity index (χ0v) is 12.5. The first-order valence-corrected chi connectivity index (χ1v) is 7.08. The van der Waals surface area contributed by atoms with Gasteiger partial charge in [0.25, 0.3) is 5.91 Å². The molecule has 0 aromatic heterocycles. The fourth-order valence-corrected chi connectivity index (χ4v) is 2.60. The minimum atomic E-state index is 0.147. The number of carbonyl (C=O) groups is 1. The Labute approximate surface area is 117 Å². The highest BCUT2D eigenvalue weighted by Crippen LogP contribution is 2.17. The molecule has 0 aliphatic carbocycles. The standard InChI is InChI=1S/C14H19BrN2O/c1-16(2)13-4-3-9-17(10-13)14(18)11-5-7-12(15)8-6-11/h5-8,13H,3-4,9-10H2,1-2H3. The van der Waals surface area contributed by atoms with Gasteiger partial charge in [-0.25, -0.2) is 0 Å². The van der Waals surface area contributed by atoms with Crippen molar-refractivity contribution in [2.75, 3.05) is 27.2 Å². The molecule has 0 saturated carbocycles. The number of rotatable bonds is 2. The van der Waals surface area contributed by atoms with E-state index in [9.17, 15) is 4.79 Å². The van der Waals surface area contributed by atoms with E-state index in [0.29, 0.717) is 6.04 Å². The van der Waals surface area contributed by atoms with E-state index >= 15 is 0 Å². The third kappa shape index (κ3) is 3.12. The van der Waals surface area contributed by atoms with Crippen LogP contribution in [0.15, 0.2) is 28.7 Å². The molecule has 98 valence electrons. The first kappa shape index (κ1) is 13.6. The van der Waals surface area contributed by atoms with Crippen LogP contribution in [0.3, 0.4) is 0 Å². The summed E-state index contributed by atoms with van der Waals surface area (Å²) in [6.07, 6.45) is 2.27. The van der Waals surface area contributed by atoms with Gasteiger partial charge in [-0.15, -0.1) is 0 Å². The second-order valence-corrected chi connectivity index (χ2v) is 5.93. The Hall–Kier alpha value is -0.870. The zero-order valence-electron chi connectivity index (χ0n) is 10.9. The minimum Gasteiger partial charge on any atom is -0.337 e. The zero-order chi connectivity index (χ0) is 13.1. The summed E-state index contributed by atoms with van der Waals surface area (Å²) in [5, 5.41) is 0. The second-order valence-electron chi connectivity index (χ2n) is 5.02. The summed E-state index contributed by atoms with van der Waals surface area (Å²) in [7, 11) is 4.16. The van der Waals surface area contributed by atoms with E-state index in [-0.39, 0.29) is 5.91 Å². The van der Waals surface area contributed by atoms with Crippen LogP contribution >= 0.6 is 15.9 Å². The van der Waals surface area contributed by atoms with Gasteiger partial charge < -0.3 is 9.80 Å². The van der Waals surface area contributed by atoms with E-state index in [0.717, 1.165) is 29.5 Å². The average Bonchev–Trinajstić information content (AvgIpc) is 2.39. The Morgan fingerprint density at radius 1 is 1.33 bits per heavy atom. The monoisotopic (exact) mass is 310 g/mol. The Kier molecular flexibility index (Phi) is 4.40. The summed E-state index contributed by atoms with van der Waals surface area (Å²) in [6.45, 7) is 1.71. The maximum absolute atomic E-state index is 12.4. The Balaban J connectivity index is 2.06. The molecular weight excluding hydrogens is 292 g/mol. The van der Waals surface area contributed by atoms with Crippen molar-refractivity contribution < 1.29 is 4.79 Å². The van der Waals surface area contributed by atoms with Crippen LogP contribution in [0.4, 0.5) is 0 Å². The van der Waals surface area contributed by atoms with Crippen molar-refractivity contribution in [1.82, 2.24) is 9.80 Å². The maximum Gasteiger partial charge on any atom is 0.253 e.